The molecule has 0 radical (unpaired) electrons. The van der Waals surface area contributed by atoms with Gasteiger partial charge in [-0.2, -0.15) is 0 Å². The molecule has 0 fully saturated rings. The Hall–Kier alpha value is -1.29. The lowest BCUT2D eigenvalue weighted by molar-refractivity contribution is 0.184. The first-order chi connectivity index (χ1) is 7.58. The van der Waals surface area contributed by atoms with Crippen molar-refractivity contribution in [2.75, 3.05) is 24.8 Å². The maximum Gasteiger partial charge on any atom is 0.128 e. The zero-order valence-electron chi connectivity index (χ0n) is 10.0. The average Bonchev–Trinajstić information content (AvgIpc) is 2.25. The molecule has 0 amide bonds. The quantitative estimate of drug-likeness (QED) is 0.758. The van der Waals surface area contributed by atoms with Crippen LogP contribution >= 0.6 is 0 Å². The zero-order chi connectivity index (χ0) is 12.1. The van der Waals surface area contributed by atoms with E-state index < -0.39 is 0 Å². The Labute approximate surface area is 95.8 Å². The highest BCUT2D eigenvalue weighted by molar-refractivity contribution is 5.67. The topological polar surface area (TPSA) is 47.3 Å². The van der Waals surface area contributed by atoms with Gasteiger partial charge < -0.3 is 15.8 Å². The molecule has 0 aliphatic heterocycles. The minimum Gasteiger partial charge on any atom is -0.397 e. The van der Waals surface area contributed by atoms with E-state index in [0.717, 1.165) is 12.1 Å². The number of hydrogen-bond donors (Lipinski definition) is 2. The van der Waals surface area contributed by atoms with Gasteiger partial charge in [0.25, 0.3) is 0 Å². The molecule has 0 aliphatic carbocycles. The number of ether oxygens (including phenoxy) is 1. The Bertz CT molecular complexity index is 355. The van der Waals surface area contributed by atoms with Crippen molar-refractivity contribution in [1.29, 1.82) is 0 Å². The standard InChI is InChI=1S/C12H19FN2O/c1-4-9(7-16-3)15-12-5-8(2)10(13)6-11(12)14/h5-6,9,15H,4,7,14H2,1-3H3. The van der Waals surface area contributed by atoms with Crippen LogP contribution in [0.25, 0.3) is 0 Å². The van der Waals surface area contributed by atoms with E-state index in [9.17, 15) is 4.39 Å². The van der Waals surface area contributed by atoms with Gasteiger partial charge in [-0.25, -0.2) is 4.39 Å². The number of aryl methyl sites for hydroxylation is 1. The second-order valence-electron chi connectivity index (χ2n) is 3.89. The van der Waals surface area contributed by atoms with E-state index in [4.69, 9.17) is 10.5 Å². The van der Waals surface area contributed by atoms with Crippen LogP contribution in [-0.2, 0) is 4.74 Å². The summed E-state index contributed by atoms with van der Waals surface area (Å²) in [5.74, 6) is -0.275. The predicted molar refractivity (Wildman–Crippen MR) is 65.1 cm³/mol. The summed E-state index contributed by atoms with van der Waals surface area (Å²) in [6.45, 7) is 4.38. The summed E-state index contributed by atoms with van der Waals surface area (Å²) in [4.78, 5) is 0. The summed E-state index contributed by atoms with van der Waals surface area (Å²) in [6.07, 6.45) is 0.920. The molecule has 1 atom stereocenters. The van der Waals surface area contributed by atoms with Gasteiger partial charge in [-0.3, -0.25) is 0 Å². The molecule has 0 bridgehead atoms. The maximum atomic E-state index is 13.2. The molecule has 0 aliphatic rings. The Balaban J connectivity index is 2.83. The molecular weight excluding hydrogens is 207 g/mol. The predicted octanol–water partition coefficient (Wildman–Crippen LogP) is 2.55. The third-order valence-corrected chi connectivity index (χ3v) is 2.55. The highest BCUT2D eigenvalue weighted by Crippen LogP contribution is 2.23. The van der Waals surface area contributed by atoms with Crippen molar-refractivity contribution in [3.8, 4) is 0 Å². The summed E-state index contributed by atoms with van der Waals surface area (Å²) >= 11 is 0. The first kappa shape index (κ1) is 12.8. The minimum atomic E-state index is -0.275. The molecule has 0 saturated carbocycles. The number of nitrogens with two attached hydrogens (primary N) is 1. The fourth-order valence-corrected chi connectivity index (χ4v) is 1.50. The number of nitrogens with one attached hydrogen (secondary N) is 1. The summed E-state index contributed by atoms with van der Waals surface area (Å²) in [6, 6.07) is 3.26. The second-order valence-corrected chi connectivity index (χ2v) is 3.89. The average molecular weight is 226 g/mol. The van der Waals surface area contributed by atoms with Crippen molar-refractivity contribution >= 4 is 11.4 Å². The van der Waals surface area contributed by atoms with E-state index in [0.29, 0.717) is 17.9 Å². The van der Waals surface area contributed by atoms with Gasteiger partial charge in [0, 0.05) is 13.2 Å². The minimum absolute atomic E-state index is 0.192. The largest absolute Gasteiger partial charge is 0.397 e. The van der Waals surface area contributed by atoms with Crippen molar-refractivity contribution in [3.05, 3.63) is 23.5 Å². The van der Waals surface area contributed by atoms with Crippen molar-refractivity contribution < 1.29 is 9.13 Å². The third-order valence-electron chi connectivity index (χ3n) is 2.55. The van der Waals surface area contributed by atoms with E-state index in [1.165, 1.54) is 6.07 Å². The van der Waals surface area contributed by atoms with Gasteiger partial charge in [0.15, 0.2) is 0 Å². The number of halogens is 1. The van der Waals surface area contributed by atoms with Crippen LogP contribution in [0.3, 0.4) is 0 Å². The van der Waals surface area contributed by atoms with Crippen LogP contribution in [0, 0.1) is 12.7 Å². The Morgan fingerprint density at radius 3 is 2.75 bits per heavy atom. The number of hydrogen-bond acceptors (Lipinski definition) is 3. The first-order valence-corrected chi connectivity index (χ1v) is 5.39. The van der Waals surface area contributed by atoms with Crippen LogP contribution in [0.2, 0.25) is 0 Å². The maximum absolute atomic E-state index is 13.2. The van der Waals surface area contributed by atoms with Crippen LogP contribution < -0.4 is 11.1 Å². The van der Waals surface area contributed by atoms with Gasteiger partial charge in [-0.15, -0.1) is 0 Å². The molecule has 4 heteroatoms. The molecule has 16 heavy (non-hydrogen) atoms. The van der Waals surface area contributed by atoms with Gasteiger partial charge in [-0.1, -0.05) is 6.92 Å². The Morgan fingerprint density at radius 1 is 1.50 bits per heavy atom. The van der Waals surface area contributed by atoms with Crippen molar-refractivity contribution in [3.63, 3.8) is 0 Å². The van der Waals surface area contributed by atoms with Gasteiger partial charge >= 0.3 is 0 Å². The van der Waals surface area contributed by atoms with Gasteiger partial charge in [0.2, 0.25) is 0 Å². The monoisotopic (exact) mass is 226 g/mol. The van der Waals surface area contributed by atoms with Crippen LogP contribution in [0.5, 0.6) is 0 Å². The van der Waals surface area contributed by atoms with Crippen molar-refractivity contribution in [1.82, 2.24) is 0 Å². The summed E-state index contributed by atoms with van der Waals surface area (Å²) in [5.41, 5.74) is 7.53. The van der Waals surface area contributed by atoms with E-state index in [1.807, 2.05) is 0 Å². The second kappa shape index (κ2) is 5.70. The fraction of sp³-hybridized carbons (Fsp3) is 0.500. The third kappa shape index (κ3) is 3.10. The lowest BCUT2D eigenvalue weighted by Gasteiger charge is -2.19. The first-order valence-electron chi connectivity index (χ1n) is 5.39. The van der Waals surface area contributed by atoms with Crippen molar-refractivity contribution in [2.45, 2.75) is 26.3 Å². The molecule has 0 heterocycles. The number of nitrogen functional groups attached to an aromatic ring is 1. The molecule has 0 aromatic heterocycles. The molecule has 1 rings (SSSR count). The fourth-order valence-electron chi connectivity index (χ4n) is 1.50. The molecular formula is C12H19FN2O. The number of benzene rings is 1. The van der Waals surface area contributed by atoms with E-state index in [-0.39, 0.29) is 11.9 Å². The van der Waals surface area contributed by atoms with Crippen LogP contribution in [0.4, 0.5) is 15.8 Å². The molecule has 3 N–H and O–H groups in total. The number of anilines is 2. The summed E-state index contributed by atoms with van der Waals surface area (Å²) in [7, 11) is 1.66. The van der Waals surface area contributed by atoms with Gasteiger partial charge in [0.1, 0.15) is 5.82 Å². The van der Waals surface area contributed by atoms with Gasteiger partial charge in [0.05, 0.1) is 18.0 Å². The van der Waals surface area contributed by atoms with Crippen LogP contribution in [-0.4, -0.2) is 19.8 Å². The molecule has 0 spiro atoms. The Kier molecular flexibility index (Phi) is 4.55. The van der Waals surface area contributed by atoms with E-state index in [1.54, 1.807) is 20.1 Å². The molecule has 90 valence electrons. The van der Waals surface area contributed by atoms with Crippen molar-refractivity contribution in [2.24, 2.45) is 0 Å². The molecule has 1 unspecified atom stereocenters. The molecule has 3 nitrogen and oxygen atoms in total. The number of methoxy groups -OCH3 is 1. The molecule has 1 aromatic carbocycles. The summed E-state index contributed by atoms with van der Waals surface area (Å²) in [5, 5.41) is 3.25. The number of rotatable bonds is 5. The lowest BCUT2D eigenvalue weighted by atomic mass is 10.1. The zero-order valence-corrected chi connectivity index (χ0v) is 10.0. The van der Waals surface area contributed by atoms with Crippen LogP contribution in [0.15, 0.2) is 12.1 Å². The smallest absolute Gasteiger partial charge is 0.128 e. The lowest BCUT2D eigenvalue weighted by Crippen LogP contribution is -2.24. The molecule has 1 aromatic rings. The van der Waals surface area contributed by atoms with E-state index >= 15 is 0 Å². The van der Waals surface area contributed by atoms with Crippen LogP contribution in [0.1, 0.15) is 18.9 Å². The van der Waals surface area contributed by atoms with Gasteiger partial charge in [-0.05, 0) is 31.0 Å². The normalized spacial score (nSPS) is 12.5. The highest BCUT2D eigenvalue weighted by atomic mass is 19.1. The molecule has 0 saturated heterocycles. The highest BCUT2D eigenvalue weighted by Gasteiger charge is 2.09. The van der Waals surface area contributed by atoms with E-state index in [2.05, 4.69) is 12.2 Å². The summed E-state index contributed by atoms with van der Waals surface area (Å²) < 4.78 is 18.3. The Morgan fingerprint density at radius 2 is 2.19 bits per heavy atom. The SMILES string of the molecule is CCC(COC)Nc1cc(C)c(F)cc1N.